The lowest BCUT2D eigenvalue weighted by atomic mass is 10.3. The lowest BCUT2D eigenvalue weighted by Crippen LogP contribution is -2.00. The van der Waals surface area contributed by atoms with Gasteiger partial charge in [0.15, 0.2) is 0 Å². The molecule has 0 aromatic heterocycles. The monoisotopic (exact) mass is 152 g/mol. The summed E-state index contributed by atoms with van der Waals surface area (Å²) in [6, 6.07) is 0. The van der Waals surface area contributed by atoms with Crippen LogP contribution in [0.4, 0.5) is 0 Å². The fraction of sp³-hybridized carbons (Fsp3) is 1.00. The van der Waals surface area contributed by atoms with Gasteiger partial charge in [0, 0.05) is 7.11 Å². The summed E-state index contributed by atoms with van der Waals surface area (Å²) in [5.41, 5.74) is 0.0992. The summed E-state index contributed by atoms with van der Waals surface area (Å²) in [6.45, 7) is 0. The maximum Gasteiger partial charge on any atom is 0.0996 e. The molecule has 0 rings (SSSR count). The van der Waals surface area contributed by atoms with Gasteiger partial charge in [0.25, 0.3) is 0 Å². The van der Waals surface area contributed by atoms with Crippen LogP contribution in [-0.2, 0) is 4.74 Å². The first kappa shape index (κ1) is 8.66. The van der Waals surface area contributed by atoms with Gasteiger partial charge in [0.05, 0.1) is 5.44 Å². The molecule has 0 aliphatic carbocycles. The predicted octanol–water partition coefficient (Wildman–Crippen LogP) is 1.60. The molecule has 0 spiro atoms. The third-order valence-corrected chi connectivity index (χ3v) is 1.67. The van der Waals surface area contributed by atoms with E-state index in [1.54, 1.807) is 7.11 Å². The van der Waals surface area contributed by atoms with E-state index < -0.39 is 0 Å². The van der Waals surface area contributed by atoms with E-state index in [0.29, 0.717) is 0 Å². The van der Waals surface area contributed by atoms with Crippen LogP contribution in [0.15, 0.2) is 0 Å². The summed E-state index contributed by atoms with van der Waals surface area (Å²) < 4.78 is 4.88. The molecule has 0 aromatic rings. The molecule has 0 saturated carbocycles. The molecule has 1 atom stereocenters. The zero-order valence-electron chi connectivity index (χ0n) is 5.00. The van der Waals surface area contributed by atoms with Gasteiger partial charge in [-0.3, -0.25) is 0 Å². The van der Waals surface area contributed by atoms with Crippen molar-refractivity contribution < 1.29 is 4.74 Å². The smallest absolute Gasteiger partial charge is 0.0996 e. The normalized spacial score (nSPS) is 13.9. The van der Waals surface area contributed by atoms with E-state index in [1.807, 2.05) is 0 Å². The van der Waals surface area contributed by atoms with E-state index in [4.69, 9.17) is 4.74 Å². The van der Waals surface area contributed by atoms with Crippen molar-refractivity contribution in [2.45, 2.75) is 18.3 Å². The minimum absolute atomic E-state index is 0.0992. The summed E-state index contributed by atoms with van der Waals surface area (Å²) in [4.78, 5) is 0. The van der Waals surface area contributed by atoms with Gasteiger partial charge in [-0.2, -0.15) is 12.6 Å². The van der Waals surface area contributed by atoms with Crippen LogP contribution in [0.3, 0.4) is 0 Å². The number of rotatable bonds is 4. The molecule has 0 aromatic carbocycles. The molecule has 1 nitrogen and oxygen atoms in total. The summed E-state index contributed by atoms with van der Waals surface area (Å²) >= 11 is 8.15. The zero-order chi connectivity index (χ0) is 6.41. The van der Waals surface area contributed by atoms with E-state index >= 15 is 0 Å². The quantitative estimate of drug-likeness (QED) is 0.459. The third kappa shape index (κ3) is 4.81. The first-order chi connectivity index (χ1) is 3.81. The van der Waals surface area contributed by atoms with Crippen LogP contribution in [0.5, 0.6) is 0 Å². The first-order valence-corrected chi connectivity index (χ1v) is 3.78. The largest absolute Gasteiger partial charge is 0.371 e. The topological polar surface area (TPSA) is 9.23 Å². The van der Waals surface area contributed by atoms with Gasteiger partial charge in [-0.15, -0.1) is 12.6 Å². The van der Waals surface area contributed by atoms with Crippen LogP contribution in [0, 0.1) is 0 Å². The Bertz CT molecular complexity index is 49.7. The Hall–Kier alpha value is 0.660. The molecule has 0 bridgehead atoms. The molecule has 8 heavy (non-hydrogen) atoms. The van der Waals surface area contributed by atoms with Crippen LogP contribution in [0.2, 0.25) is 0 Å². The van der Waals surface area contributed by atoms with E-state index in [0.717, 1.165) is 18.6 Å². The predicted molar refractivity (Wildman–Crippen MR) is 42.9 cm³/mol. The highest BCUT2D eigenvalue weighted by Crippen LogP contribution is 2.04. The van der Waals surface area contributed by atoms with Crippen LogP contribution < -0.4 is 0 Å². The van der Waals surface area contributed by atoms with Gasteiger partial charge < -0.3 is 4.74 Å². The number of hydrogen-bond acceptors (Lipinski definition) is 3. The Morgan fingerprint density at radius 3 is 2.62 bits per heavy atom. The summed E-state index contributed by atoms with van der Waals surface area (Å²) in [5, 5.41) is 0. The second kappa shape index (κ2) is 5.79. The van der Waals surface area contributed by atoms with E-state index in [2.05, 4.69) is 25.3 Å². The van der Waals surface area contributed by atoms with Gasteiger partial charge >= 0.3 is 0 Å². The van der Waals surface area contributed by atoms with Crippen molar-refractivity contribution in [3.05, 3.63) is 0 Å². The highest BCUT2D eigenvalue weighted by atomic mass is 32.1. The van der Waals surface area contributed by atoms with Gasteiger partial charge in [-0.05, 0) is 18.6 Å². The summed E-state index contributed by atoms with van der Waals surface area (Å²) in [7, 11) is 1.66. The maximum atomic E-state index is 4.88. The Morgan fingerprint density at radius 2 is 2.25 bits per heavy atom. The van der Waals surface area contributed by atoms with Crippen molar-refractivity contribution in [2.75, 3.05) is 12.9 Å². The van der Waals surface area contributed by atoms with Gasteiger partial charge in [-0.25, -0.2) is 0 Å². The fourth-order valence-electron chi connectivity index (χ4n) is 0.384. The molecular formula is C5H12OS2. The SMILES string of the molecule is COC(S)CCCS. The van der Waals surface area contributed by atoms with E-state index in [-0.39, 0.29) is 5.44 Å². The number of methoxy groups -OCH3 is 1. The van der Waals surface area contributed by atoms with Crippen molar-refractivity contribution in [2.24, 2.45) is 0 Å². The molecule has 0 fully saturated rings. The van der Waals surface area contributed by atoms with Crippen molar-refractivity contribution in [1.82, 2.24) is 0 Å². The van der Waals surface area contributed by atoms with Crippen molar-refractivity contribution in [3.8, 4) is 0 Å². The molecule has 1 unspecified atom stereocenters. The summed E-state index contributed by atoms with van der Waals surface area (Å²) in [5.74, 6) is 0.917. The third-order valence-electron chi connectivity index (χ3n) is 0.881. The van der Waals surface area contributed by atoms with Gasteiger partial charge in [-0.1, -0.05) is 0 Å². The average Bonchev–Trinajstić information content (AvgIpc) is 1.83. The van der Waals surface area contributed by atoms with Crippen molar-refractivity contribution in [1.29, 1.82) is 0 Å². The molecule has 3 heteroatoms. The summed E-state index contributed by atoms with van der Waals surface area (Å²) in [6.07, 6.45) is 2.06. The fourth-order valence-corrected chi connectivity index (χ4v) is 0.749. The Kier molecular flexibility index (Phi) is 6.27. The lowest BCUT2D eigenvalue weighted by molar-refractivity contribution is 0.167. The molecular weight excluding hydrogens is 140 g/mol. The standard InChI is InChI=1S/C5H12OS2/c1-6-5(8)3-2-4-7/h5,7-8H,2-4H2,1H3. The Morgan fingerprint density at radius 1 is 1.62 bits per heavy atom. The molecule has 50 valence electrons. The van der Waals surface area contributed by atoms with Crippen molar-refractivity contribution >= 4 is 25.3 Å². The Labute approximate surface area is 61.6 Å². The van der Waals surface area contributed by atoms with Crippen LogP contribution >= 0.6 is 25.3 Å². The van der Waals surface area contributed by atoms with Crippen LogP contribution in [0.25, 0.3) is 0 Å². The maximum absolute atomic E-state index is 4.88. The molecule has 0 N–H and O–H groups in total. The number of hydrogen-bond donors (Lipinski definition) is 2. The second-order valence-electron chi connectivity index (χ2n) is 1.56. The van der Waals surface area contributed by atoms with Crippen LogP contribution in [0.1, 0.15) is 12.8 Å². The molecule has 0 saturated heterocycles. The minimum Gasteiger partial charge on any atom is -0.371 e. The zero-order valence-corrected chi connectivity index (χ0v) is 6.79. The number of ether oxygens (including phenoxy) is 1. The van der Waals surface area contributed by atoms with Gasteiger partial charge in [0.2, 0.25) is 0 Å². The first-order valence-electron chi connectivity index (χ1n) is 2.63. The second-order valence-corrected chi connectivity index (χ2v) is 2.58. The van der Waals surface area contributed by atoms with Crippen molar-refractivity contribution in [3.63, 3.8) is 0 Å². The molecule has 0 radical (unpaired) electrons. The minimum atomic E-state index is 0.0992. The van der Waals surface area contributed by atoms with Gasteiger partial charge in [0.1, 0.15) is 0 Å². The average molecular weight is 152 g/mol. The highest BCUT2D eigenvalue weighted by molar-refractivity contribution is 7.80. The molecule has 0 aliphatic heterocycles. The number of thiol groups is 2. The van der Waals surface area contributed by atoms with E-state index in [1.165, 1.54) is 0 Å². The molecule has 0 aliphatic rings. The Balaban J connectivity index is 2.86. The molecule has 0 heterocycles. The van der Waals surface area contributed by atoms with E-state index in [9.17, 15) is 0 Å². The lowest BCUT2D eigenvalue weighted by Gasteiger charge is -2.04. The van der Waals surface area contributed by atoms with Crippen LogP contribution in [-0.4, -0.2) is 18.3 Å². The molecule has 0 amide bonds. The highest BCUT2D eigenvalue weighted by Gasteiger charge is 1.96.